The van der Waals surface area contributed by atoms with Gasteiger partial charge >= 0.3 is 11.9 Å². The second-order valence-corrected chi connectivity index (χ2v) is 9.27. The summed E-state index contributed by atoms with van der Waals surface area (Å²) in [5.41, 5.74) is 3.95. The number of hydrogen-bond donors (Lipinski definition) is 1. The molecule has 3 rings (SSSR count). The van der Waals surface area contributed by atoms with E-state index < -0.39 is 23.8 Å². The summed E-state index contributed by atoms with van der Waals surface area (Å²) in [5.74, 6) is -3.18. The second kappa shape index (κ2) is 11.5. The average molecular weight is 485 g/mol. The zero-order chi connectivity index (χ0) is 25.7. The molecule has 2 aliphatic rings. The first-order valence-corrected chi connectivity index (χ1v) is 12.1. The number of carbonyl (C=O) groups excluding carboxylic acids is 3. The lowest BCUT2D eigenvalue weighted by Crippen LogP contribution is -2.43. The number of nitrogens with one attached hydrogen (secondary N) is 1. The molecule has 1 heterocycles. The van der Waals surface area contributed by atoms with Crippen molar-refractivity contribution in [3.63, 3.8) is 0 Å². The van der Waals surface area contributed by atoms with E-state index in [-0.39, 0.29) is 18.3 Å². The van der Waals surface area contributed by atoms with Gasteiger partial charge in [0.1, 0.15) is 12.5 Å². The van der Waals surface area contributed by atoms with Crippen molar-refractivity contribution >= 4 is 23.4 Å². The Kier molecular flexibility index (Phi) is 8.72. The van der Waals surface area contributed by atoms with Crippen LogP contribution in [0.4, 0.5) is 5.69 Å². The SMILES string of the molecule is CCCOCCOC(=O)C1=C(C)NC2=C(C(=O)[C@H](C(=O)OC)[C@@H](C)C2)[C@H]1c1ccc(N(C)C)cc1. The molecule has 8 heteroatoms. The van der Waals surface area contributed by atoms with Crippen LogP contribution in [0, 0.1) is 11.8 Å². The van der Waals surface area contributed by atoms with Gasteiger partial charge in [-0.1, -0.05) is 26.0 Å². The number of hydrogen-bond acceptors (Lipinski definition) is 8. The third-order valence-corrected chi connectivity index (χ3v) is 6.52. The van der Waals surface area contributed by atoms with Crippen LogP contribution in [0.3, 0.4) is 0 Å². The van der Waals surface area contributed by atoms with Crippen LogP contribution in [0.2, 0.25) is 0 Å². The highest BCUT2D eigenvalue weighted by Crippen LogP contribution is 2.45. The fourth-order valence-corrected chi connectivity index (χ4v) is 4.77. The first kappa shape index (κ1) is 26.5. The Balaban J connectivity index is 2.03. The molecule has 8 nitrogen and oxygen atoms in total. The van der Waals surface area contributed by atoms with Crippen LogP contribution < -0.4 is 10.2 Å². The van der Waals surface area contributed by atoms with Crippen LogP contribution in [0.25, 0.3) is 0 Å². The van der Waals surface area contributed by atoms with Crippen molar-refractivity contribution in [2.24, 2.45) is 11.8 Å². The molecule has 0 aromatic heterocycles. The first-order valence-electron chi connectivity index (χ1n) is 12.1. The van der Waals surface area contributed by atoms with E-state index in [1.54, 1.807) is 0 Å². The van der Waals surface area contributed by atoms with E-state index in [0.29, 0.717) is 36.5 Å². The average Bonchev–Trinajstić information content (AvgIpc) is 2.82. The van der Waals surface area contributed by atoms with Crippen LogP contribution in [0.1, 0.15) is 45.1 Å². The summed E-state index contributed by atoms with van der Waals surface area (Å²) in [6.07, 6.45) is 1.38. The van der Waals surface area contributed by atoms with Crippen LogP contribution >= 0.6 is 0 Å². The van der Waals surface area contributed by atoms with Gasteiger partial charge in [-0.3, -0.25) is 9.59 Å². The number of ketones is 1. The van der Waals surface area contributed by atoms with E-state index in [2.05, 4.69) is 5.32 Å². The number of anilines is 1. The molecule has 190 valence electrons. The van der Waals surface area contributed by atoms with Crippen LogP contribution in [-0.4, -0.2) is 58.7 Å². The Hall–Kier alpha value is -3.13. The second-order valence-electron chi connectivity index (χ2n) is 9.27. The molecule has 0 saturated carbocycles. The first-order chi connectivity index (χ1) is 16.7. The highest BCUT2D eigenvalue weighted by molar-refractivity contribution is 6.12. The topological polar surface area (TPSA) is 94.2 Å². The molecule has 0 unspecified atom stereocenters. The van der Waals surface area contributed by atoms with Crippen LogP contribution in [0.15, 0.2) is 46.8 Å². The summed E-state index contributed by atoms with van der Waals surface area (Å²) in [7, 11) is 5.18. The quantitative estimate of drug-likeness (QED) is 0.324. The Morgan fingerprint density at radius 2 is 1.80 bits per heavy atom. The Labute approximate surface area is 207 Å². The maximum atomic E-state index is 13.7. The largest absolute Gasteiger partial charge is 0.468 e. The summed E-state index contributed by atoms with van der Waals surface area (Å²) >= 11 is 0. The molecule has 0 fully saturated rings. The zero-order valence-corrected chi connectivity index (χ0v) is 21.5. The third-order valence-electron chi connectivity index (χ3n) is 6.52. The monoisotopic (exact) mass is 484 g/mol. The number of nitrogens with zero attached hydrogens (tertiary/aromatic N) is 1. The predicted octanol–water partition coefficient (Wildman–Crippen LogP) is 3.34. The van der Waals surface area contributed by atoms with E-state index >= 15 is 0 Å². The number of rotatable bonds is 9. The van der Waals surface area contributed by atoms with Gasteiger partial charge in [0.25, 0.3) is 0 Å². The zero-order valence-electron chi connectivity index (χ0n) is 21.5. The van der Waals surface area contributed by atoms with Crippen molar-refractivity contribution < 1.29 is 28.6 Å². The summed E-state index contributed by atoms with van der Waals surface area (Å²) in [6, 6.07) is 7.73. The van der Waals surface area contributed by atoms with Crippen LogP contribution in [-0.2, 0) is 28.6 Å². The van der Waals surface area contributed by atoms with Gasteiger partial charge in [-0.2, -0.15) is 0 Å². The minimum absolute atomic E-state index is 0.115. The highest BCUT2D eigenvalue weighted by atomic mass is 16.6. The molecule has 1 aliphatic carbocycles. The highest BCUT2D eigenvalue weighted by Gasteiger charge is 2.47. The summed E-state index contributed by atoms with van der Waals surface area (Å²) in [4.78, 5) is 41.5. The van der Waals surface area contributed by atoms with Crippen molar-refractivity contribution in [1.82, 2.24) is 5.32 Å². The molecule has 0 spiro atoms. The number of esters is 2. The molecule has 35 heavy (non-hydrogen) atoms. The van der Waals surface area contributed by atoms with Gasteiger partial charge in [0.15, 0.2) is 5.78 Å². The van der Waals surface area contributed by atoms with Crippen molar-refractivity contribution in [2.75, 3.05) is 45.9 Å². The molecule has 1 N–H and O–H groups in total. The number of ether oxygens (including phenoxy) is 3. The summed E-state index contributed by atoms with van der Waals surface area (Å²) < 4.78 is 15.9. The molecule has 0 bridgehead atoms. The molecule has 0 saturated heterocycles. The molecule has 0 amide bonds. The lowest BCUT2D eigenvalue weighted by atomic mass is 9.69. The van der Waals surface area contributed by atoms with Gasteiger partial charge in [0, 0.05) is 49.3 Å². The molecule has 1 aromatic rings. The maximum Gasteiger partial charge on any atom is 0.336 e. The van der Waals surface area contributed by atoms with Gasteiger partial charge in [0.2, 0.25) is 0 Å². The van der Waals surface area contributed by atoms with Crippen LogP contribution in [0.5, 0.6) is 0 Å². The third kappa shape index (κ3) is 5.59. The van der Waals surface area contributed by atoms with Crippen molar-refractivity contribution in [3.8, 4) is 0 Å². The van der Waals surface area contributed by atoms with Gasteiger partial charge in [0.05, 0.1) is 19.3 Å². The normalized spacial score (nSPS) is 21.9. The van der Waals surface area contributed by atoms with Gasteiger partial charge < -0.3 is 24.4 Å². The molecule has 3 atom stereocenters. The van der Waals surface area contributed by atoms with E-state index in [9.17, 15) is 14.4 Å². The van der Waals surface area contributed by atoms with Gasteiger partial charge in [-0.15, -0.1) is 0 Å². The standard InChI is InChI=1S/C27H36N2O6/c1-7-12-34-13-14-35-27(32)22-17(3)28-20-15-16(2)21(26(31)33-6)25(30)24(20)23(22)18-8-10-19(11-9-18)29(4)5/h8-11,16,21,23,28H,7,12-15H2,1-6H3/t16-,21+,23-/m0/s1. The number of dihydropyridines is 1. The van der Waals surface area contributed by atoms with Crippen molar-refractivity contribution in [1.29, 1.82) is 0 Å². The van der Waals surface area contributed by atoms with E-state index in [0.717, 1.165) is 23.4 Å². The maximum absolute atomic E-state index is 13.7. The van der Waals surface area contributed by atoms with E-state index in [1.807, 2.05) is 64.0 Å². The van der Waals surface area contributed by atoms with Gasteiger partial charge in [-0.05, 0) is 43.4 Å². The fourth-order valence-electron chi connectivity index (χ4n) is 4.77. The lowest BCUT2D eigenvalue weighted by Gasteiger charge is -2.38. The Morgan fingerprint density at radius 3 is 2.40 bits per heavy atom. The fraction of sp³-hybridized carbons (Fsp3) is 0.519. The minimum atomic E-state index is -0.915. The predicted molar refractivity (Wildman–Crippen MR) is 133 cm³/mol. The molecule has 1 aromatic carbocycles. The number of methoxy groups -OCH3 is 1. The van der Waals surface area contributed by atoms with Gasteiger partial charge in [-0.25, -0.2) is 4.79 Å². The summed E-state index contributed by atoms with van der Waals surface area (Å²) in [5, 5.41) is 3.27. The lowest BCUT2D eigenvalue weighted by molar-refractivity contribution is -0.151. The van der Waals surface area contributed by atoms with E-state index in [1.165, 1.54) is 7.11 Å². The molecule has 1 aliphatic heterocycles. The summed E-state index contributed by atoms with van der Waals surface area (Å²) in [6.45, 7) is 6.70. The smallest absolute Gasteiger partial charge is 0.336 e. The number of carbonyl (C=O) groups is 3. The van der Waals surface area contributed by atoms with Crippen molar-refractivity contribution in [2.45, 2.75) is 39.5 Å². The van der Waals surface area contributed by atoms with Crippen molar-refractivity contribution in [3.05, 3.63) is 52.4 Å². The molecular weight excluding hydrogens is 448 g/mol. The number of Topliss-reactive ketones (excluding diaryl/α,β-unsaturated/α-hetero) is 1. The Morgan fingerprint density at radius 1 is 1.11 bits per heavy atom. The minimum Gasteiger partial charge on any atom is -0.468 e. The van der Waals surface area contributed by atoms with E-state index in [4.69, 9.17) is 14.2 Å². The number of benzene rings is 1. The number of allylic oxidation sites excluding steroid dienone is 3. The molecule has 0 radical (unpaired) electrons. The Bertz CT molecular complexity index is 1020. The molecular formula is C27H36N2O6.